The minimum Gasteiger partial charge on any atom is -0.391 e. The minimum absolute atomic E-state index is 2.46. The summed E-state index contributed by atoms with van der Waals surface area (Å²) < 4.78 is 1090. The number of aliphatic hydroxyl groups is 4. The topological polar surface area (TPSA) is 118 Å². The second-order valence-electron chi connectivity index (χ2n) is 32.9. The number of aliphatic hydroxyl groups excluding tert-OH is 4. The number of hydrogen-bond donors (Lipinski definition) is 4. The van der Waals surface area contributed by atoms with Crippen LogP contribution in [0.5, 0.6) is 0 Å². The Morgan fingerprint density at radius 3 is 0.301 bits per heavy atom. The van der Waals surface area contributed by atoms with Crippen LogP contribution in [0.15, 0.2) is 0 Å². The van der Waals surface area contributed by atoms with Crippen molar-refractivity contribution in [3.63, 3.8) is 0 Å². The molecule has 4 atom stereocenters. The van der Waals surface area contributed by atoms with Crippen LogP contribution in [0.2, 0.25) is 0 Å². The van der Waals surface area contributed by atoms with Crippen LogP contribution in [0.1, 0.15) is 25.7 Å². The van der Waals surface area contributed by atoms with E-state index in [1.54, 1.807) is 0 Å². The molecule has 0 saturated heterocycles. The third kappa shape index (κ3) is 7.71. The van der Waals surface area contributed by atoms with E-state index < -0.39 is 338 Å². The zero-order valence-electron chi connectivity index (χ0n) is 59.6. The number of rotatable bonds is 24. The first kappa shape index (κ1) is 107. The SMILES string of the molecule is OC(COC(F)(F)C1(F)C2(F)C(F)(F)C3(F)C(F)(F)C(F)(C2(F)F)C(F)(F)C1(F)C3(F)F)CC(CC(O)COC(F)(F)C1(F)C2(F)C(F)(F)C3(F)C(F)(F)C(F)(C2(F)F)C(F)(F)C1(F)C3(F)F)(CC(O)COC(F)(F)C1(F)C2(F)C(F)(F)C3(F)C(F)(F)C(F)(C2(F)F)C(F)(F)C1(F)C3(F)F)CC(O)COC(F)(F)C1(F)C2(F)C(F)(F)C3(F)C(F)(F)C(F)(C2(F)F)C(F)(F)C1(F)C3(F)F. The van der Waals surface area contributed by atoms with Gasteiger partial charge in [-0.15, -0.1) is 0 Å². The summed E-state index contributed by atoms with van der Waals surface area (Å²) in [5.41, 5.74) is -195. The van der Waals surface area contributed by atoms with Gasteiger partial charge < -0.3 is 39.4 Å². The van der Waals surface area contributed by atoms with Gasteiger partial charge in [-0.25, -0.2) is 87.8 Å². The van der Waals surface area contributed by atoms with E-state index in [0.717, 1.165) is 0 Å². The van der Waals surface area contributed by atoms with Crippen molar-refractivity contribution >= 4 is 0 Å². The number of ether oxygens (including phenoxy) is 4. The molecule has 76 heteroatoms. The molecule has 0 amide bonds. The Bertz CT molecular complexity index is 3920. The lowest BCUT2D eigenvalue weighted by Gasteiger charge is -2.75. The molecule has 0 heterocycles. The van der Waals surface area contributed by atoms with E-state index in [2.05, 4.69) is 18.9 Å². The van der Waals surface area contributed by atoms with Gasteiger partial charge in [0.2, 0.25) is 0 Å². The number of alkyl halides is 68. The lowest BCUT2D eigenvalue weighted by atomic mass is 9.37. The van der Waals surface area contributed by atoms with Gasteiger partial charge >= 0.3 is 188 Å². The smallest absolute Gasteiger partial charge is 0.391 e. The first-order chi connectivity index (χ1) is 57.4. The largest absolute Gasteiger partial charge is 0.397 e. The fourth-order valence-corrected chi connectivity index (χ4v) is 21.0. The van der Waals surface area contributed by atoms with E-state index in [1.165, 1.54) is 0 Å². The van der Waals surface area contributed by atoms with Crippen molar-refractivity contribution in [3.8, 4) is 0 Å². The Kier molecular flexibility index (Phi) is 19.4. The van der Waals surface area contributed by atoms with E-state index in [0.29, 0.717) is 0 Å². The van der Waals surface area contributed by atoms with Crippen LogP contribution in [-0.4, -0.2) is 328 Å². The highest BCUT2D eigenvalue weighted by Crippen LogP contribution is 2.97. The predicted octanol–water partition coefficient (Wildman–Crippen LogP) is 18.4. The third-order valence-electron chi connectivity index (χ3n) is 27.2. The highest BCUT2D eigenvalue weighted by molar-refractivity contribution is 5.62. The maximum atomic E-state index is 17.0. The monoisotopic (exact) mass is 2130 g/mol. The van der Waals surface area contributed by atoms with E-state index in [4.69, 9.17) is 0 Å². The number of hydrogen-bond acceptors (Lipinski definition) is 8. The standard InChI is InChI=1S/C57H24F68O8/c58-14(18(62)34(78,79)26(70)36(82,83)19(14,63)37(84,85)27(71,35(18,80)81)50(26,110)111)54(118,119)130-5-9(126)1-13(2-10(127)6-131-55(120,121)15(59)20(64)38(86,87)28(72)40(90,91)21(15,65)41(92,93)29(73,39(20,88)89)51(28,112)113,3-11(128)7-132-56(122,123)16(60)22(66)42(94,95)30(74)44(98,99)23(16,67)45(100,101)31(75,43(22,96)97)52(30,114)115)4-12(129)8-133-57(124,125)17(61)24(68)46(102,103)32(76)48(106,107)25(17,69)49(108,109)33(77,47(24,104)105)53(32,116)117/h9-12,126-129H,1-8H2. The molecule has 0 aliphatic heterocycles. The van der Waals surface area contributed by atoms with Crippen molar-refractivity contribution in [2.24, 2.45) is 5.41 Å². The van der Waals surface area contributed by atoms with Crippen molar-refractivity contribution in [1.29, 1.82) is 0 Å². The Morgan fingerprint density at radius 1 is 0.143 bits per heavy atom. The summed E-state index contributed by atoms with van der Waals surface area (Å²) in [4.78, 5) is 0. The summed E-state index contributed by atoms with van der Waals surface area (Å²) >= 11 is 0. The zero-order valence-corrected chi connectivity index (χ0v) is 59.6. The highest BCUT2D eigenvalue weighted by atomic mass is 19.4. The van der Waals surface area contributed by atoms with Gasteiger partial charge in [-0.3, -0.25) is 0 Å². The molecule has 16 aliphatic rings. The van der Waals surface area contributed by atoms with E-state index >= 15 is 299 Å². The Balaban J connectivity index is 1.04. The van der Waals surface area contributed by atoms with Gasteiger partial charge in [-0.2, -0.15) is 211 Å². The van der Waals surface area contributed by atoms with Crippen LogP contribution < -0.4 is 0 Å². The third-order valence-corrected chi connectivity index (χ3v) is 27.2. The van der Waals surface area contributed by atoms with Gasteiger partial charge in [0.15, 0.2) is 0 Å². The normalized spacial score (nSPS) is 49.8. The molecule has 16 rings (SSSR count). The highest BCUT2D eigenvalue weighted by Gasteiger charge is 3.31. The summed E-state index contributed by atoms with van der Waals surface area (Å²) in [6.07, 6.45) is -75.0. The molecule has 16 fully saturated rings. The summed E-state index contributed by atoms with van der Waals surface area (Å²) in [5, 5.41) is 43.9. The molecule has 0 aromatic rings. The fraction of sp³-hybridized carbons (Fsp3) is 1.00. The quantitative estimate of drug-likeness (QED) is 0.0706. The molecule has 0 aromatic heterocycles. The molecule has 0 aromatic carbocycles. The molecule has 16 bridgehead atoms. The summed E-state index contributed by atoms with van der Waals surface area (Å²) in [6, 6.07) is 0. The van der Waals surface area contributed by atoms with Crippen LogP contribution in [0.4, 0.5) is 299 Å². The van der Waals surface area contributed by atoms with Crippen LogP contribution >= 0.6 is 0 Å². The van der Waals surface area contributed by atoms with Gasteiger partial charge in [0.05, 0.1) is 50.8 Å². The lowest BCUT2D eigenvalue weighted by Crippen LogP contribution is -3.10. The molecule has 16 aliphatic carbocycles. The molecular weight excluding hydrogens is 2100 g/mol. The minimum atomic E-state index is -9.78. The van der Waals surface area contributed by atoms with Crippen molar-refractivity contribution in [3.05, 3.63) is 0 Å². The van der Waals surface area contributed by atoms with E-state index in [9.17, 15) is 20.4 Å². The van der Waals surface area contributed by atoms with Crippen molar-refractivity contribution in [1.82, 2.24) is 0 Å². The van der Waals surface area contributed by atoms with Gasteiger partial charge in [0.25, 0.3) is 68.0 Å². The van der Waals surface area contributed by atoms with Crippen LogP contribution in [0, 0.1) is 5.41 Å². The Morgan fingerprint density at radius 2 is 0.218 bits per heavy atom. The van der Waals surface area contributed by atoms with Crippen LogP contribution in [0.25, 0.3) is 0 Å². The van der Waals surface area contributed by atoms with E-state index in [-0.39, 0.29) is 0 Å². The average molecular weight is 2130 g/mol. The van der Waals surface area contributed by atoms with Gasteiger partial charge in [-0.05, 0) is 31.1 Å². The summed E-state index contributed by atoms with van der Waals surface area (Å²) in [6.45, 7) is -18.4. The molecule has 4 N–H and O–H groups in total. The van der Waals surface area contributed by atoms with Gasteiger partial charge in [0.1, 0.15) is 0 Å². The predicted molar refractivity (Wildman–Crippen MR) is 264 cm³/mol. The molecule has 776 valence electrons. The first-order valence-electron chi connectivity index (χ1n) is 33.5. The lowest BCUT2D eigenvalue weighted by molar-refractivity contribution is -0.614. The van der Waals surface area contributed by atoms with Gasteiger partial charge in [-0.1, -0.05) is 0 Å². The molecule has 0 spiro atoms. The molecular formula is C57H24F68O8. The summed E-state index contributed by atoms with van der Waals surface area (Å²) in [7, 11) is 0. The zero-order chi connectivity index (χ0) is 105. The number of halogens is 68. The van der Waals surface area contributed by atoms with Crippen LogP contribution in [0.3, 0.4) is 0 Å². The molecule has 16 saturated carbocycles. The van der Waals surface area contributed by atoms with Crippen molar-refractivity contribution < 1.29 is 338 Å². The van der Waals surface area contributed by atoms with Crippen molar-refractivity contribution in [2.45, 2.75) is 306 Å². The Hall–Kier alpha value is -5.08. The van der Waals surface area contributed by atoms with Crippen LogP contribution in [-0.2, 0) is 18.9 Å². The molecule has 133 heavy (non-hydrogen) atoms. The van der Waals surface area contributed by atoms with E-state index in [1.807, 2.05) is 0 Å². The van der Waals surface area contributed by atoms with Gasteiger partial charge in [0, 0.05) is 0 Å². The molecule has 0 radical (unpaired) electrons. The van der Waals surface area contributed by atoms with Crippen molar-refractivity contribution in [2.75, 3.05) is 26.4 Å². The Labute approximate surface area is 676 Å². The second-order valence-corrected chi connectivity index (χ2v) is 32.9. The fourth-order valence-electron chi connectivity index (χ4n) is 21.0. The first-order valence-corrected chi connectivity index (χ1v) is 33.5. The summed E-state index contributed by atoms with van der Waals surface area (Å²) in [5.74, 6) is -188. The maximum Gasteiger partial charge on any atom is 0.397 e. The maximum absolute atomic E-state index is 17.0. The average Bonchev–Trinajstić information content (AvgIpc) is 0.599. The molecule has 4 unspecified atom stereocenters. The molecule has 8 nitrogen and oxygen atoms in total. The second kappa shape index (κ2) is 24.1.